The Hall–Kier alpha value is -1.68. The van der Waals surface area contributed by atoms with Gasteiger partial charge in [0, 0.05) is 18.2 Å². The Balaban J connectivity index is 1.98. The Morgan fingerprint density at radius 2 is 1.85 bits per heavy atom. The fourth-order valence-corrected chi connectivity index (χ4v) is 2.58. The molecule has 0 amide bonds. The fourth-order valence-electron chi connectivity index (χ4n) is 2.02. The molecule has 0 aliphatic rings. The van der Waals surface area contributed by atoms with Crippen LogP contribution in [-0.4, -0.2) is 10.8 Å². The van der Waals surface area contributed by atoms with Gasteiger partial charge >= 0.3 is 0 Å². The summed E-state index contributed by atoms with van der Waals surface area (Å²) < 4.78 is 0. The topological polar surface area (TPSA) is 56.0 Å². The van der Waals surface area contributed by atoms with Crippen LogP contribution in [0.5, 0.6) is 0 Å². The van der Waals surface area contributed by atoms with Crippen molar-refractivity contribution in [3.05, 3.63) is 46.5 Å². The van der Waals surface area contributed by atoms with Gasteiger partial charge < -0.3 is 5.73 Å². The summed E-state index contributed by atoms with van der Waals surface area (Å²) in [6, 6.07) is 8.27. The number of benzene rings is 1. The van der Waals surface area contributed by atoms with Gasteiger partial charge in [-0.15, -0.1) is 11.3 Å². The van der Waals surface area contributed by atoms with Gasteiger partial charge in [0.05, 0.1) is 5.69 Å². The SMILES string of the molecule is CC(C)(C)c1ccc(CC(=O)Cc2csc(N)n2)cc1. The summed E-state index contributed by atoms with van der Waals surface area (Å²) in [4.78, 5) is 16.1. The van der Waals surface area contributed by atoms with Gasteiger partial charge in [-0.1, -0.05) is 45.0 Å². The van der Waals surface area contributed by atoms with E-state index in [2.05, 4.69) is 37.9 Å². The summed E-state index contributed by atoms with van der Waals surface area (Å²) in [6.45, 7) is 6.54. The van der Waals surface area contributed by atoms with Crippen LogP contribution in [0, 0.1) is 0 Å². The van der Waals surface area contributed by atoms with Crippen LogP contribution < -0.4 is 5.73 Å². The van der Waals surface area contributed by atoms with Crippen LogP contribution in [0.4, 0.5) is 5.13 Å². The molecule has 0 fully saturated rings. The zero-order chi connectivity index (χ0) is 14.8. The van der Waals surface area contributed by atoms with E-state index in [4.69, 9.17) is 5.73 Å². The predicted octanol–water partition coefficient (Wildman–Crippen LogP) is 3.38. The Kier molecular flexibility index (Phi) is 4.23. The van der Waals surface area contributed by atoms with E-state index in [0.29, 0.717) is 18.0 Å². The summed E-state index contributed by atoms with van der Waals surface area (Å²) >= 11 is 1.37. The average Bonchev–Trinajstić information content (AvgIpc) is 2.74. The number of Topliss-reactive ketones (excluding diaryl/α,β-unsaturated/α-hetero) is 1. The lowest BCUT2D eigenvalue weighted by atomic mass is 9.86. The third kappa shape index (κ3) is 3.90. The van der Waals surface area contributed by atoms with Crippen molar-refractivity contribution in [3.63, 3.8) is 0 Å². The second-order valence-corrected chi connectivity index (χ2v) is 6.91. The molecule has 1 heterocycles. The highest BCUT2D eigenvalue weighted by atomic mass is 32.1. The minimum absolute atomic E-state index is 0.140. The first-order valence-electron chi connectivity index (χ1n) is 6.65. The average molecular weight is 288 g/mol. The van der Waals surface area contributed by atoms with Crippen molar-refractivity contribution in [1.29, 1.82) is 0 Å². The number of carbonyl (C=O) groups is 1. The van der Waals surface area contributed by atoms with Gasteiger partial charge in [0.25, 0.3) is 0 Å². The largest absolute Gasteiger partial charge is 0.375 e. The van der Waals surface area contributed by atoms with Gasteiger partial charge in [0.2, 0.25) is 0 Å². The molecule has 2 rings (SSSR count). The van der Waals surface area contributed by atoms with Gasteiger partial charge in [0.15, 0.2) is 5.13 Å². The summed E-state index contributed by atoms with van der Waals surface area (Å²) in [5.41, 5.74) is 8.79. The van der Waals surface area contributed by atoms with Crippen molar-refractivity contribution < 1.29 is 4.79 Å². The quantitative estimate of drug-likeness (QED) is 0.938. The lowest BCUT2D eigenvalue weighted by Crippen LogP contribution is -2.11. The molecule has 0 saturated heterocycles. The van der Waals surface area contributed by atoms with Crippen LogP contribution in [0.15, 0.2) is 29.6 Å². The molecule has 1 aromatic heterocycles. The molecule has 0 atom stereocenters. The minimum atomic E-state index is 0.140. The Labute approximate surface area is 123 Å². The number of carbonyl (C=O) groups excluding carboxylic acids is 1. The van der Waals surface area contributed by atoms with Crippen molar-refractivity contribution in [3.8, 4) is 0 Å². The maximum absolute atomic E-state index is 12.0. The van der Waals surface area contributed by atoms with Gasteiger partial charge in [-0.2, -0.15) is 0 Å². The molecule has 2 N–H and O–H groups in total. The van der Waals surface area contributed by atoms with E-state index in [0.717, 1.165) is 11.3 Å². The fraction of sp³-hybridized carbons (Fsp3) is 0.375. The molecule has 0 saturated carbocycles. The number of nitrogens with two attached hydrogens (primary N) is 1. The predicted molar refractivity (Wildman–Crippen MR) is 84.1 cm³/mol. The monoisotopic (exact) mass is 288 g/mol. The third-order valence-electron chi connectivity index (χ3n) is 3.17. The molecule has 106 valence electrons. The summed E-state index contributed by atoms with van der Waals surface area (Å²) in [7, 11) is 0. The van der Waals surface area contributed by atoms with Gasteiger partial charge in [0.1, 0.15) is 5.78 Å². The van der Waals surface area contributed by atoms with Gasteiger partial charge in [-0.25, -0.2) is 4.98 Å². The second-order valence-electron chi connectivity index (χ2n) is 6.02. The van der Waals surface area contributed by atoms with E-state index in [-0.39, 0.29) is 11.2 Å². The minimum Gasteiger partial charge on any atom is -0.375 e. The number of nitrogens with zero attached hydrogens (tertiary/aromatic N) is 1. The second kappa shape index (κ2) is 5.75. The van der Waals surface area contributed by atoms with E-state index < -0.39 is 0 Å². The van der Waals surface area contributed by atoms with E-state index in [9.17, 15) is 4.79 Å². The first kappa shape index (κ1) is 14.7. The zero-order valence-corrected chi connectivity index (χ0v) is 13.0. The van der Waals surface area contributed by atoms with E-state index in [1.54, 1.807) is 0 Å². The van der Waals surface area contributed by atoms with Crippen LogP contribution in [0.2, 0.25) is 0 Å². The molecule has 3 nitrogen and oxygen atoms in total. The Morgan fingerprint density at radius 3 is 2.35 bits per heavy atom. The lowest BCUT2D eigenvalue weighted by molar-refractivity contribution is -0.117. The first-order valence-corrected chi connectivity index (χ1v) is 7.53. The van der Waals surface area contributed by atoms with Crippen molar-refractivity contribution in [2.75, 3.05) is 5.73 Å². The van der Waals surface area contributed by atoms with Crippen molar-refractivity contribution in [2.24, 2.45) is 0 Å². The Bertz CT molecular complexity index is 594. The molecule has 0 aliphatic heterocycles. The molecule has 0 radical (unpaired) electrons. The molecule has 0 spiro atoms. The van der Waals surface area contributed by atoms with Crippen LogP contribution in [-0.2, 0) is 23.1 Å². The third-order valence-corrected chi connectivity index (χ3v) is 3.89. The highest BCUT2D eigenvalue weighted by Crippen LogP contribution is 2.22. The first-order chi connectivity index (χ1) is 9.34. The van der Waals surface area contributed by atoms with Crippen molar-refractivity contribution >= 4 is 22.3 Å². The van der Waals surface area contributed by atoms with Crippen molar-refractivity contribution in [2.45, 2.75) is 39.0 Å². The number of ketones is 1. The Morgan fingerprint density at radius 1 is 1.20 bits per heavy atom. The summed E-state index contributed by atoms with van der Waals surface area (Å²) in [5, 5.41) is 2.36. The number of nitrogen functional groups attached to an aromatic ring is 1. The smallest absolute Gasteiger partial charge is 0.180 e. The van der Waals surface area contributed by atoms with Crippen LogP contribution in [0.1, 0.15) is 37.6 Å². The molecule has 1 aromatic carbocycles. The summed E-state index contributed by atoms with van der Waals surface area (Å²) in [5.74, 6) is 0.166. The molecule has 0 aliphatic carbocycles. The normalized spacial score (nSPS) is 11.6. The maximum atomic E-state index is 12.0. The number of anilines is 1. The number of hydrogen-bond donors (Lipinski definition) is 1. The molecule has 2 aromatic rings. The van der Waals surface area contributed by atoms with E-state index in [1.165, 1.54) is 16.9 Å². The van der Waals surface area contributed by atoms with Crippen LogP contribution in [0.3, 0.4) is 0 Å². The standard InChI is InChI=1S/C16H20N2OS/c1-16(2,3)12-6-4-11(5-7-12)8-14(19)9-13-10-20-15(17)18-13/h4-7,10H,8-9H2,1-3H3,(H2,17,18). The van der Waals surface area contributed by atoms with Gasteiger partial charge in [-0.3, -0.25) is 4.79 Å². The molecule has 0 unspecified atom stereocenters. The highest BCUT2D eigenvalue weighted by Gasteiger charge is 2.13. The zero-order valence-electron chi connectivity index (χ0n) is 12.1. The molecule has 0 bridgehead atoms. The van der Waals surface area contributed by atoms with Crippen LogP contribution >= 0.6 is 11.3 Å². The molecular formula is C16H20N2OS. The number of aromatic nitrogens is 1. The number of rotatable bonds is 4. The number of thiazole rings is 1. The van der Waals surface area contributed by atoms with E-state index in [1.807, 2.05) is 17.5 Å². The lowest BCUT2D eigenvalue weighted by Gasteiger charge is -2.19. The van der Waals surface area contributed by atoms with Gasteiger partial charge in [-0.05, 0) is 16.5 Å². The highest BCUT2D eigenvalue weighted by molar-refractivity contribution is 7.13. The maximum Gasteiger partial charge on any atom is 0.180 e. The van der Waals surface area contributed by atoms with Crippen molar-refractivity contribution in [1.82, 2.24) is 4.98 Å². The van der Waals surface area contributed by atoms with E-state index >= 15 is 0 Å². The molecule has 4 heteroatoms. The number of hydrogen-bond acceptors (Lipinski definition) is 4. The molecule has 20 heavy (non-hydrogen) atoms. The summed E-state index contributed by atoms with van der Waals surface area (Å²) in [6.07, 6.45) is 0.802. The van der Waals surface area contributed by atoms with Crippen LogP contribution in [0.25, 0.3) is 0 Å². The molecular weight excluding hydrogens is 268 g/mol.